The van der Waals surface area contributed by atoms with Gasteiger partial charge < -0.3 is 5.73 Å². The van der Waals surface area contributed by atoms with Crippen LogP contribution in [-0.4, -0.2) is 34.5 Å². The van der Waals surface area contributed by atoms with E-state index in [4.69, 9.17) is 5.73 Å². The minimum Gasteiger partial charge on any atom is -0.384 e. The smallest absolute Gasteiger partial charge is 0.157 e. The molecule has 1 aliphatic heterocycles. The highest BCUT2D eigenvalue weighted by atomic mass is 32.2. The summed E-state index contributed by atoms with van der Waals surface area (Å²) in [6, 6.07) is 3.56. The van der Waals surface area contributed by atoms with Gasteiger partial charge in [-0.2, -0.15) is 9.61 Å². The molecule has 0 radical (unpaired) electrons. The molecule has 3 heterocycles. The summed E-state index contributed by atoms with van der Waals surface area (Å²) in [5, 5.41) is 4.39. The average Bonchev–Trinajstić information content (AvgIpc) is 2.71. The van der Waals surface area contributed by atoms with Crippen LogP contribution in [0.3, 0.4) is 0 Å². The van der Waals surface area contributed by atoms with E-state index in [-0.39, 0.29) is 11.7 Å². The van der Waals surface area contributed by atoms with Crippen molar-refractivity contribution in [1.82, 2.24) is 14.6 Å². The normalized spacial score (nSPS) is 22.6. The summed E-state index contributed by atoms with van der Waals surface area (Å²) in [4.78, 5) is 4.19. The molecule has 0 saturated carbocycles. The van der Waals surface area contributed by atoms with Gasteiger partial charge in [-0.1, -0.05) is 0 Å². The molecule has 0 aromatic carbocycles. The maximum atomic E-state index is 11.6. The number of anilines is 1. The number of rotatable bonds is 2. The molecule has 1 aliphatic rings. The molecule has 0 amide bonds. The van der Waals surface area contributed by atoms with Gasteiger partial charge in [-0.15, -0.1) is 0 Å². The Balaban J connectivity index is 1.84. The van der Waals surface area contributed by atoms with Gasteiger partial charge in [0.25, 0.3) is 0 Å². The maximum Gasteiger partial charge on any atom is 0.157 e. The average molecular weight is 280 g/mol. The number of nitrogens with zero attached hydrogens (tertiary/aromatic N) is 3. The van der Waals surface area contributed by atoms with E-state index in [2.05, 4.69) is 10.1 Å². The van der Waals surface area contributed by atoms with Crippen LogP contribution in [0.2, 0.25) is 0 Å². The van der Waals surface area contributed by atoms with Crippen LogP contribution < -0.4 is 5.73 Å². The third-order valence-electron chi connectivity index (χ3n) is 3.49. The van der Waals surface area contributed by atoms with Gasteiger partial charge in [-0.25, -0.2) is 13.4 Å². The molecule has 2 N–H and O–H groups in total. The number of nitrogen functional groups attached to an aromatic ring is 1. The molecule has 3 rings (SSSR count). The molecule has 1 unspecified atom stereocenters. The van der Waals surface area contributed by atoms with Crippen molar-refractivity contribution >= 4 is 21.3 Å². The highest BCUT2D eigenvalue weighted by Gasteiger charge is 2.25. The Kier molecular flexibility index (Phi) is 2.93. The monoisotopic (exact) mass is 280 g/mol. The summed E-state index contributed by atoms with van der Waals surface area (Å²) in [5.41, 5.74) is 7.37. The number of aromatic nitrogens is 3. The van der Waals surface area contributed by atoms with E-state index in [1.165, 1.54) is 0 Å². The molecule has 0 spiro atoms. The number of hydrogen-bond acceptors (Lipinski definition) is 5. The van der Waals surface area contributed by atoms with E-state index >= 15 is 0 Å². The SMILES string of the molecule is Nc1ccnc2cc(CC3CCCS(=O)(=O)C3)nn12. The van der Waals surface area contributed by atoms with Crippen LogP contribution in [-0.2, 0) is 16.3 Å². The predicted octanol–water partition coefficient (Wildman–Crippen LogP) is 0.679. The van der Waals surface area contributed by atoms with E-state index in [9.17, 15) is 8.42 Å². The second-order valence-corrected chi connectivity index (χ2v) is 7.33. The van der Waals surface area contributed by atoms with Gasteiger partial charge in [-0.05, 0) is 31.2 Å². The van der Waals surface area contributed by atoms with Gasteiger partial charge >= 0.3 is 0 Å². The van der Waals surface area contributed by atoms with E-state index in [1.807, 2.05) is 6.07 Å². The van der Waals surface area contributed by atoms with Crippen LogP contribution in [0, 0.1) is 5.92 Å². The number of nitrogens with two attached hydrogens (primary N) is 1. The number of fused-ring (bicyclic) bond motifs is 1. The van der Waals surface area contributed by atoms with Crippen molar-refractivity contribution in [3.8, 4) is 0 Å². The zero-order valence-corrected chi connectivity index (χ0v) is 11.3. The fraction of sp³-hybridized carbons (Fsp3) is 0.500. The van der Waals surface area contributed by atoms with E-state index in [0.717, 1.165) is 18.5 Å². The summed E-state index contributed by atoms with van der Waals surface area (Å²) in [6.45, 7) is 0. The molecular formula is C12H16N4O2S. The van der Waals surface area contributed by atoms with Crippen LogP contribution in [0.15, 0.2) is 18.3 Å². The first-order valence-electron chi connectivity index (χ1n) is 6.33. The topological polar surface area (TPSA) is 90.3 Å². The van der Waals surface area contributed by atoms with Gasteiger partial charge in [0.05, 0.1) is 17.2 Å². The lowest BCUT2D eigenvalue weighted by molar-refractivity contribution is 0.479. The molecule has 1 saturated heterocycles. The van der Waals surface area contributed by atoms with Gasteiger partial charge in [0.2, 0.25) is 0 Å². The van der Waals surface area contributed by atoms with Gasteiger partial charge in [0, 0.05) is 12.3 Å². The Labute approximate surface area is 111 Å². The van der Waals surface area contributed by atoms with E-state index < -0.39 is 9.84 Å². The Morgan fingerprint density at radius 3 is 3.05 bits per heavy atom. The highest BCUT2D eigenvalue weighted by molar-refractivity contribution is 7.91. The first-order valence-corrected chi connectivity index (χ1v) is 8.15. The Hall–Kier alpha value is -1.63. The van der Waals surface area contributed by atoms with Crippen LogP contribution in [0.5, 0.6) is 0 Å². The lowest BCUT2D eigenvalue weighted by Crippen LogP contribution is -2.26. The van der Waals surface area contributed by atoms with Gasteiger partial charge in [-0.3, -0.25) is 0 Å². The van der Waals surface area contributed by atoms with Crippen LogP contribution in [0.25, 0.3) is 5.65 Å². The molecule has 2 aromatic rings. The van der Waals surface area contributed by atoms with Crippen molar-refractivity contribution in [2.75, 3.05) is 17.2 Å². The standard InChI is InChI=1S/C12H16N4O2S/c13-11-3-4-14-12-7-10(15-16(11)12)6-9-2-1-5-19(17,18)8-9/h3-4,7,9H,1-2,5-6,8,13H2. The van der Waals surface area contributed by atoms with Crippen LogP contribution in [0.1, 0.15) is 18.5 Å². The molecule has 1 atom stereocenters. The molecule has 0 aliphatic carbocycles. The maximum absolute atomic E-state index is 11.6. The predicted molar refractivity (Wildman–Crippen MR) is 72.5 cm³/mol. The molecular weight excluding hydrogens is 264 g/mol. The van der Waals surface area contributed by atoms with Crippen molar-refractivity contribution in [2.45, 2.75) is 19.3 Å². The number of hydrogen-bond donors (Lipinski definition) is 1. The third-order valence-corrected chi connectivity index (χ3v) is 5.38. The second-order valence-electron chi connectivity index (χ2n) is 5.10. The minimum absolute atomic E-state index is 0.157. The van der Waals surface area contributed by atoms with Gasteiger partial charge in [0.15, 0.2) is 15.5 Å². The molecule has 6 nitrogen and oxygen atoms in total. The zero-order valence-electron chi connectivity index (χ0n) is 10.5. The summed E-state index contributed by atoms with van der Waals surface area (Å²) in [5.74, 6) is 1.28. The molecule has 19 heavy (non-hydrogen) atoms. The Bertz CT molecular complexity index is 708. The fourth-order valence-electron chi connectivity index (χ4n) is 2.64. The van der Waals surface area contributed by atoms with Crippen LogP contribution in [0.4, 0.5) is 5.82 Å². The van der Waals surface area contributed by atoms with E-state index in [1.54, 1.807) is 16.8 Å². The molecule has 1 fully saturated rings. The first-order chi connectivity index (χ1) is 9.03. The molecule has 2 aromatic heterocycles. The minimum atomic E-state index is -2.87. The molecule has 7 heteroatoms. The van der Waals surface area contributed by atoms with Crippen molar-refractivity contribution in [2.24, 2.45) is 5.92 Å². The van der Waals surface area contributed by atoms with Crippen LogP contribution >= 0.6 is 0 Å². The van der Waals surface area contributed by atoms with Crippen molar-refractivity contribution < 1.29 is 8.42 Å². The van der Waals surface area contributed by atoms with Gasteiger partial charge in [0.1, 0.15) is 5.82 Å². The quantitative estimate of drug-likeness (QED) is 0.873. The summed E-state index contributed by atoms with van der Waals surface area (Å²) < 4.78 is 24.8. The lowest BCUT2D eigenvalue weighted by atomic mass is 10.00. The fourth-order valence-corrected chi connectivity index (χ4v) is 4.41. The second kappa shape index (κ2) is 4.48. The van der Waals surface area contributed by atoms with Crippen molar-refractivity contribution in [1.29, 1.82) is 0 Å². The highest BCUT2D eigenvalue weighted by Crippen LogP contribution is 2.22. The largest absolute Gasteiger partial charge is 0.384 e. The molecule has 0 bridgehead atoms. The first kappa shape index (κ1) is 12.4. The Morgan fingerprint density at radius 2 is 2.32 bits per heavy atom. The van der Waals surface area contributed by atoms with Crippen molar-refractivity contribution in [3.63, 3.8) is 0 Å². The number of sulfone groups is 1. The Morgan fingerprint density at radius 1 is 1.47 bits per heavy atom. The summed E-state index contributed by atoms with van der Waals surface area (Å²) in [6.07, 6.45) is 4.00. The summed E-state index contributed by atoms with van der Waals surface area (Å²) >= 11 is 0. The van der Waals surface area contributed by atoms with E-state index in [0.29, 0.717) is 23.6 Å². The third kappa shape index (κ3) is 2.56. The summed E-state index contributed by atoms with van der Waals surface area (Å²) in [7, 11) is -2.87. The lowest BCUT2D eigenvalue weighted by Gasteiger charge is -2.20. The zero-order chi connectivity index (χ0) is 13.5. The van der Waals surface area contributed by atoms with Crippen molar-refractivity contribution in [3.05, 3.63) is 24.0 Å². The molecule has 102 valence electrons.